The van der Waals surface area contributed by atoms with Crippen molar-refractivity contribution in [1.82, 2.24) is 4.90 Å². The monoisotopic (exact) mass is 221 g/mol. The summed E-state index contributed by atoms with van der Waals surface area (Å²) < 4.78 is 5.19. The highest BCUT2D eigenvalue weighted by Crippen LogP contribution is 2.10. The molecular weight excluding hydrogens is 206 g/mol. The van der Waals surface area contributed by atoms with Gasteiger partial charge in [0.25, 0.3) is 0 Å². The fourth-order valence-corrected chi connectivity index (χ4v) is 1.46. The predicted octanol–water partition coefficient (Wildman–Crippen LogP) is 0.770. The minimum Gasteiger partial charge on any atom is -0.478 e. The van der Waals surface area contributed by atoms with E-state index in [0.29, 0.717) is 12.6 Å². The lowest BCUT2D eigenvalue weighted by molar-refractivity contribution is -0.131. The summed E-state index contributed by atoms with van der Waals surface area (Å²) in [6.07, 6.45) is 4.20. The van der Waals surface area contributed by atoms with Crippen molar-refractivity contribution in [2.45, 2.75) is 12.5 Å². The molecule has 0 aromatic carbocycles. The van der Waals surface area contributed by atoms with Crippen molar-refractivity contribution in [3.8, 4) is 0 Å². The van der Waals surface area contributed by atoms with E-state index in [0.717, 1.165) is 19.5 Å². The Morgan fingerprint density at radius 3 is 2.93 bits per heavy atom. The van der Waals surface area contributed by atoms with Crippen LogP contribution in [0.3, 0.4) is 0 Å². The zero-order valence-electron chi connectivity index (χ0n) is 8.18. The van der Waals surface area contributed by atoms with E-state index in [1.54, 1.807) is 13.2 Å². The van der Waals surface area contributed by atoms with Crippen LogP contribution < -0.4 is 0 Å². The normalized spacial score (nSPS) is 22.5. The zero-order chi connectivity index (χ0) is 9.68. The lowest BCUT2D eigenvalue weighted by atomic mass is 10.3. The minimum atomic E-state index is -0.887. The molecule has 1 aliphatic heterocycles. The van der Waals surface area contributed by atoms with Gasteiger partial charge in [-0.2, -0.15) is 0 Å². The van der Waals surface area contributed by atoms with Gasteiger partial charge in [0.05, 0.1) is 6.10 Å². The summed E-state index contributed by atoms with van der Waals surface area (Å²) in [5.74, 6) is -0.887. The third-order valence-electron chi connectivity index (χ3n) is 2.19. The van der Waals surface area contributed by atoms with Gasteiger partial charge in [0.1, 0.15) is 0 Å². The van der Waals surface area contributed by atoms with Gasteiger partial charge in [-0.25, -0.2) is 4.79 Å². The predicted molar refractivity (Wildman–Crippen MR) is 55.9 cm³/mol. The molecule has 0 aliphatic carbocycles. The van der Waals surface area contributed by atoms with E-state index >= 15 is 0 Å². The fraction of sp³-hybridized carbons (Fsp3) is 0.667. The quantitative estimate of drug-likeness (QED) is 0.713. The number of carboxylic acids is 1. The summed E-state index contributed by atoms with van der Waals surface area (Å²) in [5.41, 5.74) is 0. The molecule has 4 nitrogen and oxygen atoms in total. The smallest absolute Gasteiger partial charge is 0.328 e. The maximum Gasteiger partial charge on any atom is 0.328 e. The highest BCUT2D eigenvalue weighted by molar-refractivity contribution is 5.85. The lowest BCUT2D eigenvalue weighted by Gasteiger charge is -2.12. The summed E-state index contributed by atoms with van der Waals surface area (Å²) in [4.78, 5) is 12.3. The molecule has 0 unspecified atom stereocenters. The number of nitrogens with zero attached hydrogens (tertiary/aromatic N) is 1. The van der Waals surface area contributed by atoms with Crippen molar-refractivity contribution in [3.05, 3.63) is 12.2 Å². The first kappa shape index (κ1) is 13.4. The molecule has 1 rings (SSSR count). The van der Waals surface area contributed by atoms with Crippen molar-refractivity contribution in [1.29, 1.82) is 0 Å². The summed E-state index contributed by atoms with van der Waals surface area (Å²) in [5, 5.41) is 8.36. The average molecular weight is 222 g/mol. The van der Waals surface area contributed by atoms with Gasteiger partial charge >= 0.3 is 5.97 Å². The molecule has 1 N–H and O–H groups in total. The maximum atomic E-state index is 10.2. The van der Waals surface area contributed by atoms with Gasteiger partial charge in [0.2, 0.25) is 0 Å². The molecular formula is C9H16ClNO3. The highest BCUT2D eigenvalue weighted by Gasteiger charge is 2.20. The van der Waals surface area contributed by atoms with Gasteiger partial charge in [0.15, 0.2) is 0 Å². The number of likely N-dealkylation sites (tertiary alicyclic amines) is 1. The molecule has 0 bridgehead atoms. The largest absolute Gasteiger partial charge is 0.478 e. The molecule has 1 fully saturated rings. The number of aliphatic carboxylic acids is 1. The third kappa shape index (κ3) is 4.60. The van der Waals surface area contributed by atoms with Crippen molar-refractivity contribution < 1.29 is 14.6 Å². The Hall–Kier alpha value is -0.580. The first-order valence-electron chi connectivity index (χ1n) is 4.37. The van der Waals surface area contributed by atoms with Crippen LogP contribution in [0.1, 0.15) is 6.42 Å². The SMILES string of the molecule is CO[C@@H]1CCN(C/C=C/C(=O)O)C1.Cl. The second-order valence-electron chi connectivity index (χ2n) is 3.15. The van der Waals surface area contributed by atoms with Gasteiger partial charge < -0.3 is 9.84 Å². The molecule has 0 aromatic rings. The first-order chi connectivity index (χ1) is 6.22. The van der Waals surface area contributed by atoms with E-state index in [9.17, 15) is 4.79 Å². The van der Waals surface area contributed by atoms with Crippen LogP contribution >= 0.6 is 12.4 Å². The molecule has 0 saturated carbocycles. The number of ether oxygens (including phenoxy) is 1. The van der Waals surface area contributed by atoms with Gasteiger partial charge in [-0.05, 0) is 6.42 Å². The standard InChI is InChI=1S/C9H15NO3.ClH/c1-13-8-4-6-10(7-8)5-2-3-9(11)12;/h2-3,8H,4-7H2,1H3,(H,11,12);1H/b3-2+;/t8-;/m1./s1. The zero-order valence-corrected chi connectivity index (χ0v) is 9.00. The molecule has 0 aromatic heterocycles. The molecule has 1 heterocycles. The van der Waals surface area contributed by atoms with E-state index in [1.165, 1.54) is 6.08 Å². The van der Waals surface area contributed by atoms with Crippen molar-refractivity contribution in [2.75, 3.05) is 26.7 Å². The van der Waals surface area contributed by atoms with Crippen LogP contribution in [0, 0.1) is 0 Å². The van der Waals surface area contributed by atoms with Gasteiger partial charge in [-0.3, -0.25) is 4.90 Å². The Kier molecular flexibility index (Phi) is 6.53. The van der Waals surface area contributed by atoms with Gasteiger partial charge in [0, 0.05) is 32.8 Å². The molecule has 0 spiro atoms. The first-order valence-corrected chi connectivity index (χ1v) is 4.37. The molecule has 0 amide bonds. The highest BCUT2D eigenvalue weighted by atomic mass is 35.5. The number of carboxylic acid groups (broad SMARTS) is 1. The van der Waals surface area contributed by atoms with Gasteiger partial charge in [-0.15, -0.1) is 12.4 Å². The van der Waals surface area contributed by atoms with Crippen LogP contribution in [0.2, 0.25) is 0 Å². The molecule has 14 heavy (non-hydrogen) atoms. The average Bonchev–Trinajstić information content (AvgIpc) is 2.52. The van der Waals surface area contributed by atoms with Crippen molar-refractivity contribution >= 4 is 18.4 Å². The molecule has 82 valence electrons. The van der Waals surface area contributed by atoms with E-state index in [4.69, 9.17) is 9.84 Å². The second-order valence-corrected chi connectivity index (χ2v) is 3.15. The molecule has 1 atom stereocenters. The number of methoxy groups -OCH3 is 1. The summed E-state index contributed by atoms with van der Waals surface area (Å²) >= 11 is 0. The van der Waals surface area contributed by atoms with E-state index in [-0.39, 0.29) is 12.4 Å². The Morgan fingerprint density at radius 1 is 1.71 bits per heavy atom. The van der Waals surface area contributed by atoms with E-state index in [2.05, 4.69) is 4.90 Å². The number of carbonyl (C=O) groups is 1. The fourth-order valence-electron chi connectivity index (χ4n) is 1.46. The molecule has 5 heteroatoms. The number of halogens is 1. The third-order valence-corrected chi connectivity index (χ3v) is 2.19. The Bertz CT molecular complexity index is 208. The summed E-state index contributed by atoms with van der Waals surface area (Å²) in [6.45, 7) is 2.59. The lowest BCUT2D eigenvalue weighted by Crippen LogP contribution is -2.22. The Labute approximate surface area is 89.9 Å². The van der Waals surface area contributed by atoms with Crippen LogP contribution in [0.15, 0.2) is 12.2 Å². The molecule has 1 saturated heterocycles. The van der Waals surface area contributed by atoms with Crippen molar-refractivity contribution in [2.24, 2.45) is 0 Å². The van der Waals surface area contributed by atoms with Crippen LogP contribution in [0.5, 0.6) is 0 Å². The van der Waals surface area contributed by atoms with E-state index < -0.39 is 5.97 Å². The second kappa shape index (κ2) is 6.81. The Morgan fingerprint density at radius 2 is 2.43 bits per heavy atom. The number of hydrogen-bond acceptors (Lipinski definition) is 3. The van der Waals surface area contributed by atoms with Gasteiger partial charge in [-0.1, -0.05) is 6.08 Å². The minimum absolute atomic E-state index is 0. The number of hydrogen-bond donors (Lipinski definition) is 1. The van der Waals surface area contributed by atoms with Crippen LogP contribution in [-0.4, -0.2) is 48.8 Å². The topological polar surface area (TPSA) is 49.8 Å². The molecule has 0 radical (unpaired) electrons. The summed E-state index contributed by atoms with van der Waals surface area (Å²) in [6, 6.07) is 0. The van der Waals surface area contributed by atoms with Crippen LogP contribution in [0.25, 0.3) is 0 Å². The Balaban J connectivity index is 0.00000169. The van der Waals surface area contributed by atoms with Crippen molar-refractivity contribution in [3.63, 3.8) is 0 Å². The molecule has 1 aliphatic rings. The number of rotatable bonds is 4. The van der Waals surface area contributed by atoms with Crippen LogP contribution in [0.4, 0.5) is 0 Å². The summed E-state index contributed by atoms with van der Waals surface area (Å²) in [7, 11) is 1.71. The van der Waals surface area contributed by atoms with Crippen LogP contribution in [-0.2, 0) is 9.53 Å². The van der Waals surface area contributed by atoms with E-state index in [1.807, 2.05) is 0 Å². The maximum absolute atomic E-state index is 10.2.